The molecule has 2 aromatic rings. The Morgan fingerprint density at radius 1 is 1.15 bits per heavy atom. The molecule has 0 unspecified atom stereocenters. The quantitative estimate of drug-likeness (QED) is 0.615. The van der Waals surface area contributed by atoms with E-state index in [2.05, 4.69) is 41.3 Å². The highest BCUT2D eigenvalue weighted by Crippen LogP contribution is 2.26. The summed E-state index contributed by atoms with van der Waals surface area (Å²) in [6.07, 6.45) is 1.31. The second kappa shape index (κ2) is 10.9. The van der Waals surface area contributed by atoms with Crippen LogP contribution in [0, 0.1) is 25.2 Å². The lowest BCUT2D eigenvalue weighted by Gasteiger charge is -2.33. The maximum atomic E-state index is 13.3. The van der Waals surface area contributed by atoms with Gasteiger partial charge in [-0.2, -0.15) is 5.10 Å². The number of amides is 2. The molecule has 1 fully saturated rings. The third kappa shape index (κ3) is 6.60. The van der Waals surface area contributed by atoms with E-state index in [9.17, 15) is 9.59 Å². The first-order chi connectivity index (χ1) is 16.0. The van der Waals surface area contributed by atoms with E-state index >= 15 is 0 Å². The summed E-state index contributed by atoms with van der Waals surface area (Å²) in [7, 11) is 4.08. The van der Waals surface area contributed by atoms with Gasteiger partial charge in [-0.25, -0.2) is 4.68 Å². The van der Waals surface area contributed by atoms with Gasteiger partial charge >= 0.3 is 0 Å². The fourth-order valence-electron chi connectivity index (χ4n) is 4.65. The average Bonchev–Trinajstić information content (AvgIpc) is 3.05. The van der Waals surface area contributed by atoms with Crippen LogP contribution in [-0.4, -0.2) is 71.7 Å². The molecule has 186 valence electrons. The van der Waals surface area contributed by atoms with Crippen LogP contribution < -0.4 is 5.32 Å². The van der Waals surface area contributed by atoms with Crippen molar-refractivity contribution < 1.29 is 9.59 Å². The third-order valence-electron chi connectivity index (χ3n) is 6.37. The highest BCUT2D eigenvalue weighted by Gasteiger charge is 2.31. The normalized spacial score (nSPS) is 15.1. The molecular formula is C26H38ClN5O2. The number of halogens is 1. The van der Waals surface area contributed by atoms with Crippen molar-refractivity contribution >= 4 is 23.4 Å². The Labute approximate surface area is 208 Å². The molecule has 34 heavy (non-hydrogen) atoms. The van der Waals surface area contributed by atoms with E-state index in [0.717, 1.165) is 12.1 Å². The molecule has 0 saturated carbocycles. The van der Waals surface area contributed by atoms with E-state index in [1.165, 1.54) is 5.56 Å². The predicted octanol–water partition coefficient (Wildman–Crippen LogP) is 3.76. The molecule has 8 heteroatoms. The van der Waals surface area contributed by atoms with Gasteiger partial charge in [0.05, 0.1) is 17.8 Å². The maximum absolute atomic E-state index is 13.3. The van der Waals surface area contributed by atoms with Gasteiger partial charge in [0.25, 0.3) is 5.91 Å². The number of benzene rings is 1. The Morgan fingerprint density at radius 3 is 2.35 bits per heavy atom. The van der Waals surface area contributed by atoms with Crippen LogP contribution in [0.4, 0.5) is 0 Å². The number of nitrogens with zero attached hydrogens (tertiary/aromatic N) is 4. The molecular weight excluding hydrogens is 450 g/mol. The van der Waals surface area contributed by atoms with E-state index in [1.54, 1.807) is 9.58 Å². The first-order valence-corrected chi connectivity index (χ1v) is 12.3. The molecule has 1 aliphatic heterocycles. The van der Waals surface area contributed by atoms with Gasteiger partial charge < -0.3 is 15.1 Å². The summed E-state index contributed by atoms with van der Waals surface area (Å²) in [5.41, 5.74) is 3.36. The smallest absolute Gasteiger partial charge is 0.258 e. The molecule has 7 nitrogen and oxygen atoms in total. The molecule has 0 radical (unpaired) electrons. The van der Waals surface area contributed by atoms with Crippen molar-refractivity contribution in [2.24, 2.45) is 11.3 Å². The van der Waals surface area contributed by atoms with Gasteiger partial charge in [0, 0.05) is 32.1 Å². The van der Waals surface area contributed by atoms with Gasteiger partial charge in [-0.3, -0.25) is 9.59 Å². The zero-order chi connectivity index (χ0) is 25.0. The fraction of sp³-hybridized carbons (Fsp3) is 0.577. The highest BCUT2D eigenvalue weighted by molar-refractivity contribution is 6.33. The fourth-order valence-corrected chi connectivity index (χ4v) is 4.97. The summed E-state index contributed by atoms with van der Waals surface area (Å²) in [6.45, 7) is 11.3. The van der Waals surface area contributed by atoms with Crippen molar-refractivity contribution in [2.75, 3.05) is 40.3 Å². The lowest BCUT2D eigenvalue weighted by Crippen LogP contribution is -2.46. The molecule has 0 spiro atoms. The first-order valence-electron chi connectivity index (χ1n) is 12.0. The van der Waals surface area contributed by atoms with E-state index in [1.807, 2.05) is 40.1 Å². The average molecular weight is 488 g/mol. The molecule has 1 aromatic carbocycles. The zero-order valence-corrected chi connectivity index (χ0v) is 22.1. The van der Waals surface area contributed by atoms with E-state index in [0.29, 0.717) is 55.4 Å². The summed E-state index contributed by atoms with van der Waals surface area (Å²) in [5, 5.41) is 8.01. The first kappa shape index (κ1) is 26.2. The highest BCUT2D eigenvalue weighted by atomic mass is 35.5. The molecule has 3 rings (SSSR count). The minimum Gasteiger partial charge on any atom is -0.355 e. The van der Waals surface area contributed by atoms with Crippen LogP contribution in [0.2, 0.25) is 5.15 Å². The van der Waals surface area contributed by atoms with Gasteiger partial charge in [0.2, 0.25) is 5.91 Å². The van der Waals surface area contributed by atoms with Crippen LogP contribution in [0.5, 0.6) is 0 Å². The number of carbonyl (C=O) groups excluding carboxylic acids is 2. The second-order valence-corrected chi connectivity index (χ2v) is 10.9. The summed E-state index contributed by atoms with van der Waals surface area (Å²) >= 11 is 6.61. The molecule has 0 aliphatic carbocycles. The minimum atomic E-state index is -0.108. The standard InChI is InChI=1S/C26H38ClN5O2/c1-18-7-9-20(10-8-18)15-32-23(27)22(19(2)29-32)25(34)31-13-11-21(12-14-31)24(33)28-16-26(3,4)17-30(5)6/h7-10,21H,11-17H2,1-6H3,(H,28,33). The van der Waals surface area contributed by atoms with Crippen molar-refractivity contribution in [3.8, 4) is 0 Å². The minimum absolute atomic E-state index is 0.00282. The Kier molecular flexibility index (Phi) is 8.42. The molecule has 1 aliphatic rings. The Hall–Kier alpha value is -2.38. The lowest BCUT2D eigenvalue weighted by atomic mass is 9.91. The van der Waals surface area contributed by atoms with Crippen LogP contribution in [0.1, 0.15) is 53.9 Å². The molecule has 1 N–H and O–H groups in total. The van der Waals surface area contributed by atoms with Gasteiger partial charge in [-0.1, -0.05) is 55.3 Å². The number of hydrogen-bond acceptors (Lipinski definition) is 4. The number of aryl methyl sites for hydroxylation is 2. The number of likely N-dealkylation sites (tertiary alicyclic amines) is 1. The van der Waals surface area contributed by atoms with Crippen LogP contribution in [0.3, 0.4) is 0 Å². The van der Waals surface area contributed by atoms with E-state index in [4.69, 9.17) is 11.6 Å². The maximum Gasteiger partial charge on any atom is 0.258 e. The number of piperidine rings is 1. The predicted molar refractivity (Wildman–Crippen MR) is 136 cm³/mol. The van der Waals surface area contributed by atoms with Gasteiger partial charge in [0.15, 0.2) is 0 Å². The number of nitrogens with one attached hydrogen (secondary N) is 1. The number of rotatable bonds is 8. The van der Waals surface area contributed by atoms with Crippen LogP contribution in [0.15, 0.2) is 24.3 Å². The van der Waals surface area contributed by atoms with Crippen molar-refractivity contribution in [2.45, 2.75) is 47.1 Å². The third-order valence-corrected chi connectivity index (χ3v) is 6.75. The Balaban J connectivity index is 1.57. The number of carbonyl (C=O) groups is 2. The molecule has 1 aromatic heterocycles. The van der Waals surface area contributed by atoms with Crippen LogP contribution in [0.25, 0.3) is 0 Å². The van der Waals surface area contributed by atoms with Crippen molar-refractivity contribution in [3.05, 3.63) is 51.8 Å². The summed E-state index contributed by atoms with van der Waals surface area (Å²) < 4.78 is 1.68. The number of aromatic nitrogens is 2. The summed E-state index contributed by atoms with van der Waals surface area (Å²) in [5.74, 6) is -0.0947. The molecule has 0 bridgehead atoms. The largest absolute Gasteiger partial charge is 0.355 e. The monoisotopic (exact) mass is 487 g/mol. The topological polar surface area (TPSA) is 70.5 Å². The molecule has 1 saturated heterocycles. The van der Waals surface area contributed by atoms with Gasteiger partial charge in [-0.15, -0.1) is 0 Å². The molecule has 2 amide bonds. The molecule has 2 heterocycles. The van der Waals surface area contributed by atoms with Crippen molar-refractivity contribution in [3.63, 3.8) is 0 Å². The van der Waals surface area contributed by atoms with E-state index in [-0.39, 0.29) is 23.1 Å². The van der Waals surface area contributed by atoms with E-state index < -0.39 is 0 Å². The van der Waals surface area contributed by atoms with Gasteiger partial charge in [-0.05, 0) is 51.8 Å². The molecule has 0 atom stereocenters. The van der Waals surface area contributed by atoms with Crippen molar-refractivity contribution in [1.29, 1.82) is 0 Å². The van der Waals surface area contributed by atoms with Crippen molar-refractivity contribution in [1.82, 2.24) is 24.9 Å². The summed E-state index contributed by atoms with van der Waals surface area (Å²) in [6, 6.07) is 8.19. The van der Waals surface area contributed by atoms with Gasteiger partial charge in [0.1, 0.15) is 5.15 Å². The zero-order valence-electron chi connectivity index (χ0n) is 21.3. The Morgan fingerprint density at radius 2 is 1.76 bits per heavy atom. The number of hydrogen-bond donors (Lipinski definition) is 1. The second-order valence-electron chi connectivity index (χ2n) is 10.6. The Bertz CT molecular complexity index is 1000. The summed E-state index contributed by atoms with van der Waals surface area (Å²) in [4.78, 5) is 29.9. The van der Waals surface area contributed by atoms with Crippen LogP contribution >= 0.6 is 11.6 Å². The van der Waals surface area contributed by atoms with Crippen LogP contribution in [-0.2, 0) is 11.3 Å². The lowest BCUT2D eigenvalue weighted by molar-refractivity contribution is -0.126. The SMILES string of the molecule is Cc1ccc(Cn2nc(C)c(C(=O)N3CCC(C(=O)NCC(C)(C)CN(C)C)CC3)c2Cl)cc1.